The third-order valence-corrected chi connectivity index (χ3v) is 2.07. The fourth-order valence-electron chi connectivity index (χ4n) is 1.01. The van der Waals surface area contributed by atoms with Crippen LogP contribution in [0, 0.1) is 0 Å². The van der Waals surface area contributed by atoms with E-state index in [-0.39, 0.29) is 24.4 Å². The highest BCUT2D eigenvalue weighted by Crippen LogP contribution is 1.93. The van der Waals surface area contributed by atoms with E-state index in [2.05, 4.69) is 5.32 Å². The van der Waals surface area contributed by atoms with Crippen LogP contribution >= 0.6 is 12.4 Å². The van der Waals surface area contributed by atoms with Crippen LogP contribution in [-0.4, -0.2) is 62.4 Å². The van der Waals surface area contributed by atoms with Gasteiger partial charge in [-0.15, -0.1) is 12.4 Å². The number of nitrogens with zero attached hydrogens (tertiary/aromatic N) is 1. The van der Waals surface area contributed by atoms with E-state index in [0.717, 1.165) is 0 Å². The quantitative estimate of drug-likeness (QED) is 0.593. The molecule has 0 fully saturated rings. The smallest absolute Gasteiger partial charge is 0.236 e. The van der Waals surface area contributed by atoms with Crippen LogP contribution in [0.4, 0.5) is 0 Å². The number of amides is 1. The second kappa shape index (κ2) is 11.1. The van der Waals surface area contributed by atoms with Gasteiger partial charge in [0.25, 0.3) is 0 Å². The molecule has 0 spiro atoms. The number of halogens is 1. The fourth-order valence-corrected chi connectivity index (χ4v) is 1.01. The minimum Gasteiger partial charge on any atom is -0.393 e. The number of hydrogen-bond donors (Lipinski definition) is 2. The summed E-state index contributed by atoms with van der Waals surface area (Å²) in [6, 6.07) is 0. The lowest BCUT2D eigenvalue weighted by Gasteiger charge is -2.18. The number of carbonyl (C=O) groups excluding carboxylic acids is 1. The fraction of sp³-hybridized carbons (Fsp3) is 0.900. The highest BCUT2D eigenvalue weighted by atomic mass is 35.5. The molecule has 0 aromatic carbocycles. The van der Waals surface area contributed by atoms with Crippen molar-refractivity contribution in [3.05, 3.63) is 0 Å². The average molecular weight is 255 g/mol. The minimum atomic E-state index is -0.360. The lowest BCUT2D eigenvalue weighted by atomic mass is 10.3. The predicted molar refractivity (Wildman–Crippen MR) is 65.9 cm³/mol. The first kappa shape index (κ1) is 18.0. The summed E-state index contributed by atoms with van der Waals surface area (Å²) in [5.74, 6) is 0.0340. The van der Waals surface area contributed by atoms with Crippen LogP contribution < -0.4 is 5.32 Å². The van der Waals surface area contributed by atoms with Crippen molar-refractivity contribution in [2.45, 2.75) is 19.4 Å². The Morgan fingerprint density at radius 2 is 2.19 bits per heavy atom. The van der Waals surface area contributed by atoms with Crippen molar-refractivity contribution in [3.8, 4) is 0 Å². The Balaban J connectivity index is 0. The van der Waals surface area contributed by atoms with Crippen molar-refractivity contribution in [3.63, 3.8) is 0 Å². The molecule has 0 rings (SSSR count). The average Bonchev–Trinajstić information content (AvgIpc) is 2.20. The molecule has 6 heteroatoms. The summed E-state index contributed by atoms with van der Waals surface area (Å²) >= 11 is 0. The Hall–Kier alpha value is -0.360. The van der Waals surface area contributed by atoms with Crippen molar-refractivity contribution < 1.29 is 14.6 Å². The number of carbonyl (C=O) groups is 1. The molecular weight excluding hydrogens is 232 g/mol. The summed E-state index contributed by atoms with van der Waals surface area (Å²) < 4.78 is 4.84. The van der Waals surface area contributed by atoms with Gasteiger partial charge in [0.2, 0.25) is 5.91 Å². The van der Waals surface area contributed by atoms with Crippen molar-refractivity contribution in [2.24, 2.45) is 0 Å². The number of hydrogen-bond acceptors (Lipinski definition) is 4. The summed E-state index contributed by atoms with van der Waals surface area (Å²) in [6.07, 6.45) is 0.252. The standard InChI is InChI=1S/C10H22N2O3.ClH/c1-9(13)4-6-12(2)10(14)8-11-5-7-15-3;/h9,11,13H,4-8H2,1-3H3;1H. The van der Waals surface area contributed by atoms with E-state index in [9.17, 15) is 4.79 Å². The summed E-state index contributed by atoms with van der Waals surface area (Å²) in [5, 5.41) is 12.0. The molecule has 0 saturated carbocycles. The maximum Gasteiger partial charge on any atom is 0.236 e. The Morgan fingerprint density at radius 1 is 1.56 bits per heavy atom. The Morgan fingerprint density at radius 3 is 2.69 bits per heavy atom. The topological polar surface area (TPSA) is 61.8 Å². The number of methoxy groups -OCH3 is 1. The first-order chi connectivity index (χ1) is 7.07. The van der Waals surface area contributed by atoms with E-state index < -0.39 is 0 Å². The SMILES string of the molecule is COCCNCC(=O)N(C)CCC(C)O.Cl. The maximum atomic E-state index is 11.5. The number of ether oxygens (including phenoxy) is 1. The Kier molecular flexibility index (Phi) is 12.5. The number of aliphatic hydroxyl groups is 1. The van der Waals surface area contributed by atoms with E-state index >= 15 is 0 Å². The molecule has 2 N–H and O–H groups in total. The Bertz CT molecular complexity index is 179. The van der Waals surface area contributed by atoms with Gasteiger partial charge in [0.1, 0.15) is 0 Å². The van der Waals surface area contributed by atoms with Gasteiger partial charge in [-0.1, -0.05) is 0 Å². The molecule has 0 heterocycles. The number of likely N-dealkylation sites (N-methyl/N-ethyl adjacent to an activating group) is 1. The van der Waals surface area contributed by atoms with E-state index in [1.807, 2.05) is 0 Å². The van der Waals surface area contributed by atoms with Crippen LogP contribution in [0.5, 0.6) is 0 Å². The summed E-state index contributed by atoms with van der Waals surface area (Å²) in [7, 11) is 3.36. The molecule has 0 bridgehead atoms. The van der Waals surface area contributed by atoms with Crippen molar-refractivity contribution >= 4 is 18.3 Å². The molecule has 16 heavy (non-hydrogen) atoms. The van der Waals surface area contributed by atoms with Crippen molar-refractivity contribution in [1.29, 1.82) is 0 Å². The van der Waals surface area contributed by atoms with Crippen LogP contribution in [0.3, 0.4) is 0 Å². The second-order valence-corrected chi connectivity index (χ2v) is 3.62. The molecule has 1 atom stereocenters. The molecule has 0 saturated heterocycles. The first-order valence-electron chi connectivity index (χ1n) is 5.19. The number of aliphatic hydroxyl groups excluding tert-OH is 1. The maximum absolute atomic E-state index is 11.5. The molecule has 0 aliphatic carbocycles. The van der Waals surface area contributed by atoms with Crippen LogP contribution in [-0.2, 0) is 9.53 Å². The molecule has 0 aromatic rings. The monoisotopic (exact) mass is 254 g/mol. The second-order valence-electron chi connectivity index (χ2n) is 3.62. The molecule has 0 aromatic heterocycles. The largest absolute Gasteiger partial charge is 0.393 e. The minimum absolute atomic E-state index is 0. The van der Waals surface area contributed by atoms with E-state index in [1.165, 1.54) is 0 Å². The van der Waals surface area contributed by atoms with Crippen LogP contribution in [0.25, 0.3) is 0 Å². The third kappa shape index (κ3) is 10.2. The molecule has 98 valence electrons. The highest BCUT2D eigenvalue weighted by Gasteiger charge is 2.08. The molecule has 0 aliphatic heterocycles. The van der Waals surface area contributed by atoms with E-state index in [1.54, 1.807) is 26.0 Å². The molecule has 5 nitrogen and oxygen atoms in total. The zero-order valence-electron chi connectivity index (χ0n) is 10.2. The predicted octanol–water partition coefficient (Wildman–Crippen LogP) is -0.126. The van der Waals surface area contributed by atoms with Gasteiger partial charge < -0.3 is 20.1 Å². The highest BCUT2D eigenvalue weighted by molar-refractivity contribution is 5.85. The van der Waals surface area contributed by atoms with Gasteiger partial charge in [-0.3, -0.25) is 4.79 Å². The number of rotatable bonds is 8. The van der Waals surface area contributed by atoms with Gasteiger partial charge in [-0.2, -0.15) is 0 Å². The molecular formula is C10H23ClN2O3. The van der Waals surface area contributed by atoms with Gasteiger partial charge in [0, 0.05) is 27.2 Å². The van der Waals surface area contributed by atoms with Gasteiger partial charge >= 0.3 is 0 Å². The normalized spacial score (nSPS) is 11.8. The zero-order chi connectivity index (χ0) is 11.7. The molecule has 0 aliphatic rings. The molecule has 0 radical (unpaired) electrons. The first-order valence-corrected chi connectivity index (χ1v) is 5.19. The summed E-state index contributed by atoms with van der Waals surface area (Å²) in [5.41, 5.74) is 0. The summed E-state index contributed by atoms with van der Waals surface area (Å²) in [6.45, 7) is 3.90. The molecule has 1 amide bonds. The van der Waals surface area contributed by atoms with Crippen LogP contribution in [0.1, 0.15) is 13.3 Å². The van der Waals surface area contributed by atoms with Gasteiger partial charge in [0.15, 0.2) is 0 Å². The zero-order valence-corrected chi connectivity index (χ0v) is 11.0. The molecule has 1 unspecified atom stereocenters. The van der Waals surface area contributed by atoms with E-state index in [0.29, 0.717) is 32.7 Å². The Labute approximate surface area is 104 Å². The van der Waals surface area contributed by atoms with Gasteiger partial charge in [0.05, 0.1) is 19.3 Å². The van der Waals surface area contributed by atoms with Crippen LogP contribution in [0.15, 0.2) is 0 Å². The van der Waals surface area contributed by atoms with Crippen molar-refractivity contribution in [1.82, 2.24) is 10.2 Å². The van der Waals surface area contributed by atoms with Gasteiger partial charge in [-0.05, 0) is 13.3 Å². The lowest BCUT2D eigenvalue weighted by molar-refractivity contribution is -0.129. The van der Waals surface area contributed by atoms with Crippen LogP contribution in [0.2, 0.25) is 0 Å². The van der Waals surface area contributed by atoms with E-state index in [4.69, 9.17) is 9.84 Å². The lowest BCUT2D eigenvalue weighted by Crippen LogP contribution is -2.37. The van der Waals surface area contributed by atoms with Crippen molar-refractivity contribution in [2.75, 3.05) is 40.4 Å². The number of nitrogens with one attached hydrogen (secondary N) is 1. The summed E-state index contributed by atoms with van der Waals surface area (Å²) in [4.78, 5) is 13.1. The van der Waals surface area contributed by atoms with Gasteiger partial charge in [-0.25, -0.2) is 0 Å². The third-order valence-electron chi connectivity index (χ3n) is 2.07.